The van der Waals surface area contributed by atoms with Crippen LogP contribution in [0.2, 0.25) is 5.54 Å². The zero-order valence-electron chi connectivity index (χ0n) is 31.5. The second kappa shape index (κ2) is 12.6. The molecule has 54 heavy (non-hydrogen) atoms. The summed E-state index contributed by atoms with van der Waals surface area (Å²) >= 11 is 0. The molecule has 0 saturated carbocycles. The second-order valence-electron chi connectivity index (χ2n) is 16.6. The molecule has 10 rings (SSSR count). The van der Waals surface area contributed by atoms with E-state index < -0.39 is 8.07 Å². The third kappa shape index (κ3) is 4.82. The molecule has 0 spiro atoms. The summed E-state index contributed by atoms with van der Waals surface area (Å²) in [7, 11) is -2.72. The molecule has 2 heteroatoms. The van der Waals surface area contributed by atoms with Crippen LogP contribution in [-0.4, -0.2) is 14.1 Å². The van der Waals surface area contributed by atoms with E-state index in [-0.39, 0.29) is 16.9 Å². The van der Waals surface area contributed by atoms with E-state index in [9.17, 15) is 0 Å². The summed E-state index contributed by atoms with van der Waals surface area (Å²) < 4.78 is 0. The molecule has 0 N–H and O–H groups in total. The zero-order valence-corrected chi connectivity index (χ0v) is 32.5. The van der Waals surface area contributed by atoms with Crippen molar-refractivity contribution in [3.8, 4) is 11.1 Å². The molecule has 1 aliphatic heterocycles. The Morgan fingerprint density at radius 3 is 2.00 bits per heavy atom. The van der Waals surface area contributed by atoms with Gasteiger partial charge < -0.3 is 4.90 Å². The molecule has 3 unspecified atom stereocenters. The maximum absolute atomic E-state index is 2.72. The molecule has 6 aromatic rings. The first-order chi connectivity index (χ1) is 26.4. The van der Waals surface area contributed by atoms with Crippen LogP contribution < -0.4 is 20.5 Å². The van der Waals surface area contributed by atoms with Crippen LogP contribution >= 0.6 is 0 Å². The Bertz CT molecular complexity index is 2430. The van der Waals surface area contributed by atoms with Crippen LogP contribution in [0, 0.1) is 0 Å². The highest BCUT2D eigenvalue weighted by Gasteiger charge is 2.54. The van der Waals surface area contributed by atoms with E-state index in [0.717, 1.165) is 19.3 Å². The van der Waals surface area contributed by atoms with Gasteiger partial charge in [0, 0.05) is 28.2 Å². The molecule has 1 heterocycles. The van der Waals surface area contributed by atoms with Crippen LogP contribution in [0.15, 0.2) is 188 Å². The van der Waals surface area contributed by atoms with Gasteiger partial charge in [0.05, 0.1) is 0 Å². The Kier molecular flexibility index (Phi) is 7.72. The van der Waals surface area contributed by atoms with Gasteiger partial charge in [-0.15, -0.1) is 0 Å². The zero-order chi connectivity index (χ0) is 36.5. The maximum Gasteiger partial charge on any atom is 0.155 e. The number of fused-ring (bicyclic) bond motifs is 5. The Labute approximate surface area is 322 Å². The van der Waals surface area contributed by atoms with Crippen molar-refractivity contribution in [1.29, 1.82) is 0 Å². The van der Waals surface area contributed by atoms with Gasteiger partial charge in [-0.2, -0.15) is 0 Å². The molecule has 6 aromatic carbocycles. The molecule has 1 nitrogen and oxygen atoms in total. The molecular formula is C52H47NSi. The lowest BCUT2D eigenvalue weighted by atomic mass is 9.73. The number of rotatable bonds is 6. The number of anilines is 2. The fourth-order valence-electron chi connectivity index (χ4n) is 10.9. The van der Waals surface area contributed by atoms with Gasteiger partial charge in [0.2, 0.25) is 0 Å². The van der Waals surface area contributed by atoms with Gasteiger partial charge in [-0.25, -0.2) is 0 Å². The number of hydrogen-bond acceptors (Lipinski definition) is 1. The number of hydrogen-bond donors (Lipinski definition) is 0. The van der Waals surface area contributed by atoms with Gasteiger partial charge in [0.1, 0.15) is 0 Å². The van der Waals surface area contributed by atoms with Crippen molar-refractivity contribution in [3.63, 3.8) is 0 Å². The molecular weight excluding hydrogens is 667 g/mol. The highest BCUT2D eigenvalue weighted by Crippen LogP contribution is 2.55. The van der Waals surface area contributed by atoms with Crippen LogP contribution in [0.3, 0.4) is 0 Å². The smallest absolute Gasteiger partial charge is 0.155 e. The largest absolute Gasteiger partial charge is 0.337 e. The number of allylic oxidation sites excluding steroid dienone is 5. The predicted molar refractivity (Wildman–Crippen MR) is 231 cm³/mol. The Morgan fingerprint density at radius 1 is 0.611 bits per heavy atom. The standard InChI is InChI=1S/C52H47NSi/c1-51(2)46-27-14-13-26-44(46)45-31-30-38(35-48(45)51)37-18-17-25-42(34-37)54(40-21-9-5-10-22-40,41-23-11-6-12-24-41)43-32-33-52(3)47-28-15-16-29-49(47)53(50(52)36-43)39-19-7-4-8-20-39/h4-13,15-26,28-35,43,50H,14,27,36H2,1-3H3. The lowest BCUT2D eigenvalue weighted by Crippen LogP contribution is -2.70. The molecule has 0 amide bonds. The lowest BCUT2D eigenvalue weighted by molar-refractivity contribution is 0.438. The summed E-state index contributed by atoms with van der Waals surface area (Å²) in [6.07, 6.45) is 13.3. The predicted octanol–water partition coefficient (Wildman–Crippen LogP) is 11.0. The van der Waals surface area contributed by atoms with E-state index in [1.165, 1.54) is 60.3 Å². The summed E-state index contributed by atoms with van der Waals surface area (Å²) in [6.45, 7) is 7.33. The lowest BCUT2D eigenvalue weighted by Gasteiger charge is -2.47. The Balaban J connectivity index is 1.16. The fraction of sp³-hybridized carbons (Fsp3) is 0.192. The first-order valence-electron chi connectivity index (χ1n) is 19.8. The third-order valence-electron chi connectivity index (χ3n) is 13.5. The first-order valence-corrected chi connectivity index (χ1v) is 21.9. The van der Waals surface area contributed by atoms with Crippen molar-refractivity contribution < 1.29 is 0 Å². The van der Waals surface area contributed by atoms with Crippen molar-refractivity contribution >= 4 is 40.6 Å². The van der Waals surface area contributed by atoms with Crippen molar-refractivity contribution in [2.45, 2.75) is 62.4 Å². The van der Waals surface area contributed by atoms with E-state index in [1.807, 2.05) is 0 Å². The molecule has 0 saturated heterocycles. The molecule has 0 bridgehead atoms. The van der Waals surface area contributed by atoms with E-state index >= 15 is 0 Å². The summed E-state index contributed by atoms with van der Waals surface area (Å²) in [5.74, 6) is 0. The average molecular weight is 714 g/mol. The summed E-state index contributed by atoms with van der Waals surface area (Å²) in [4.78, 5) is 2.66. The van der Waals surface area contributed by atoms with E-state index in [1.54, 1.807) is 5.57 Å². The topological polar surface area (TPSA) is 3.24 Å². The Morgan fingerprint density at radius 2 is 1.26 bits per heavy atom. The SMILES string of the molecule is CC1(C)C2=C(C=CCC2)c2ccc(-c3cccc([Si](c4ccccc4)(c4ccccc4)C4C=CC5(C)c6ccccc6N(c6ccccc6)C5C4)c3)cc21. The van der Waals surface area contributed by atoms with Crippen LogP contribution in [0.1, 0.15) is 56.7 Å². The van der Waals surface area contributed by atoms with Crippen molar-refractivity contribution in [3.05, 3.63) is 204 Å². The highest BCUT2D eigenvalue weighted by atomic mass is 28.3. The van der Waals surface area contributed by atoms with Gasteiger partial charge in [-0.3, -0.25) is 0 Å². The van der Waals surface area contributed by atoms with Crippen LogP contribution in [-0.2, 0) is 10.8 Å². The molecule has 264 valence electrons. The van der Waals surface area contributed by atoms with Gasteiger partial charge in [-0.05, 0) is 105 Å². The fourth-order valence-corrected chi connectivity index (χ4v) is 16.3. The van der Waals surface area contributed by atoms with E-state index in [0.29, 0.717) is 5.54 Å². The summed E-state index contributed by atoms with van der Waals surface area (Å²) in [5.41, 5.74) is 12.8. The minimum absolute atomic E-state index is 0.0403. The first kappa shape index (κ1) is 33.1. The molecule has 4 aliphatic rings. The van der Waals surface area contributed by atoms with Crippen molar-refractivity contribution in [1.82, 2.24) is 0 Å². The van der Waals surface area contributed by atoms with Crippen LogP contribution in [0.4, 0.5) is 11.4 Å². The quantitative estimate of drug-likeness (QED) is 0.0944. The van der Waals surface area contributed by atoms with Crippen molar-refractivity contribution in [2.75, 3.05) is 4.90 Å². The monoisotopic (exact) mass is 713 g/mol. The third-order valence-corrected chi connectivity index (χ3v) is 18.8. The molecule has 0 radical (unpaired) electrons. The van der Waals surface area contributed by atoms with E-state index in [4.69, 9.17) is 0 Å². The Hall–Kier alpha value is -5.44. The number of nitrogens with zero attached hydrogens (tertiary/aromatic N) is 1. The molecule has 3 aliphatic carbocycles. The molecule has 0 fully saturated rings. The second-order valence-corrected chi connectivity index (χ2v) is 20.7. The van der Waals surface area contributed by atoms with Crippen molar-refractivity contribution in [2.24, 2.45) is 0 Å². The van der Waals surface area contributed by atoms with Gasteiger partial charge >= 0.3 is 0 Å². The van der Waals surface area contributed by atoms with Gasteiger partial charge in [-0.1, -0.05) is 177 Å². The summed E-state index contributed by atoms with van der Waals surface area (Å²) in [5, 5.41) is 4.40. The van der Waals surface area contributed by atoms with Crippen LogP contribution in [0.25, 0.3) is 16.7 Å². The molecule has 3 atom stereocenters. The van der Waals surface area contributed by atoms with Gasteiger partial charge in [0.15, 0.2) is 8.07 Å². The number of benzene rings is 6. The minimum atomic E-state index is -2.72. The molecule has 0 aromatic heterocycles. The maximum atomic E-state index is 2.66. The number of para-hydroxylation sites is 2. The van der Waals surface area contributed by atoms with E-state index in [2.05, 4.69) is 208 Å². The van der Waals surface area contributed by atoms with Crippen LogP contribution in [0.5, 0.6) is 0 Å². The normalized spacial score (nSPS) is 22.1. The highest BCUT2D eigenvalue weighted by molar-refractivity contribution is 7.12. The minimum Gasteiger partial charge on any atom is -0.337 e. The average Bonchev–Trinajstić information content (AvgIpc) is 3.63. The summed E-state index contributed by atoms with van der Waals surface area (Å²) in [6, 6.07) is 60.5. The van der Waals surface area contributed by atoms with Gasteiger partial charge in [0.25, 0.3) is 0 Å².